The zero-order valence-corrected chi connectivity index (χ0v) is 34.9. The van der Waals surface area contributed by atoms with Gasteiger partial charge in [-0.3, -0.25) is 24.2 Å². The Labute approximate surface area is 349 Å². The van der Waals surface area contributed by atoms with Crippen molar-refractivity contribution in [1.29, 1.82) is 0 Å². The molecule has 0 bridgehead atoms. The standard InChI is InChI=1S/C36H50N15O9P/c1-5-21(2)35(36(55)59-4)51-20-28(43-47-51)31(12-15-34(39)54)50-19-27(42-46-50)30(11-14-33(38)53)49-18-26(41-45-49)29(10-13-32(37)52)48-17-25(40-44-48)22(3)16-23-6-8-24(9-7-23)60-61(56,57)58/h6-9,17-22,29-31,35H,5,10-16H2,1-4H3,(H2,37,52)(H2,38,53)(H2,39,54)(H2,56,57,58)/t21?,22-,29+,30+,31-,35-/m1/s1. The topological polar surface area (TPSA) is 345 Å². The Morgan fingerprint density at radius 2 is 1.07 bits per heavy atom. The lowest BCUT2D eigenvalue weighted by Crippen LogP contribution is -2.27. The van der Waals surface area contributed by atoms with Gasteiger partial charge in [0.2, 0.25) is 17.7 Å². The zero-order chi connectivity index (χ0) is 44.4. The summed E-state index contributed by atoms with van der Waals surface area (Å²) >= 11 is 0. The number of rotatable bonds is 24. The van der Waals surface area contributed by atoms with E-state index in [9.17, 15) is 23.7 Å². The van der Waals surface area contributed by atoms with Gasteiger partial charge < -0.3 is 26.5 Å². The first-order valence-electron chi connectivity index (χ1n) is 19.4. The summed E-state index contributed by atoms with van der Waals surface area (Å²) in [6.07, 6.45) is 8.19. The first-order valence-corrected chi connectivity index (χ1v) is 20.9. The summed E-state index contributed by atoms with van der Waals surface area (Å²) in [5.74, 6) is -2.40. The summed E-state index contributed by atoms with van der Waals surface area (Å²) in [5, 5.41) is 34.9. The Kier molecular flexibility index (Phi) is 15.2. The number of ether oxygens (including phenoxy) is 1. The number of esters is 1. The Morgan fingerprint density at radius 3 is 1.46 bits per heavy atom. The average molecular weight is 868 g/mol. The smallest absolute Gasteiger partial charge is 0.467 e. The summed E-state index contributed by atoms with van der Waals surface area (Å²) in [7, 11) is -3.39. The minimum atomic E-state index is -4.69. The quantitative estimate of drug-likeness (QED) is 0.0429. The predicted molar refractivity (Wildman–Crippen MR) is 212 cm³/mol. The van der Waals surface area contributed by atoms with Crippen LogP contribution in [0.4, 0.5) is 0 Å². The Bertz CT molecular complexity index is 2320. The van der Waals surface area contributed by atoms with E-state index in [1.165, 1.54) is 33.3 Å². The molecule has 61 heavy (non-hydrogen) atoms. The van der Waals surface area contributed by atoms with E-state index in [1.54, 1.807) is 41.6 Å². The van der Waals surface area contributed by atoms with Gasteiger partial charge in [-0.15, -0.1) is 20.4 Å². The first kappa shape index (κ1) is 45.7. The molecule has 24 nitrogen and oxygen atoms in total. The number of methoxy groups -OCH3 is 1. The molecule has 0 fully saturated rings. The number of nitrogens with zero attached hydrogens (tertiary/aromatic N) is 12. The highest BCUT2D eigenvalue weighted by Crippen LogP contribution is 2.38. The summed E-state index contributed by atoms with van der Waals surface area (Å²) in [4.78, 5) is 66.8. The monoisotopic (exact) mass is 867 g/mol. The van der Waals surface area contributed by atoms with E-state index in [1.807, 2.05) is 20.8 Å². The highest BCUT2D eigenvalue weighted by molar-refractivity contribution is 7.46. The van der Waals surface area contributed by atoms with Crippen molar-refractivity contribution in [1.82, 2.24) is 60.0 Å². The van der Waals surface area contributed by atoms with Gasteiger partial charge in [-0.1, -0.05) is 60.2 Å². The first-order chi connectivity index (χ1) is 29.0. The van der Waals surface area contributed by atoms with Crippen molar-refractivity contribution in [2.75, 3.05) is 7.11 Å². The van der Waals surface area contributed by atoms with Gasteiger partial charge in [-0.2, -0.15) is 0 Å². The van der Waals surface area contributed by atoms with Gasteiger partial charge in [0, 0.05) is 31.4 Å². The molecular formula is C36H50N15O9P. The molecule has 1 unspecified atom stereocenters. The molecule has 0 aliphatic heterocycles. The van der Waals surface area contributed by atoms with Crippen LogP contribution in [-0.4, -0.2) is 101 Å². The number of phosphoric ester groups is 1. The molecule has 8 N–H and O–H groups in total. The molecule has 3 amide bonds. The maximum absolute atomic E-state index is 12.7. The second-order valence-electron chi connectivity index (χ2n) is 14.7. The molecule has 4 heterocycles. The van der Waals surface area contributed by atoms with Crippen LogP contribution >= 0.6 is 7.82 Å². The minimum Gasteiger partial charge on any atom is -0.467 e. The lowest BCUT2D eigenvalue weighted by Gasteiger charge is -2.20. The minimum absolute atomic E-state index is 0.0141. The number of hydrogen-bond donors (Lipinski definition) is 5. The lowest BCUT2D eigenvalue weighted by molar-refractivity contribution is -0.146. The van der Waals surface area contributed by atoms with Gasteiger partial charge in [-0.25, -0.2) is 28.1 Å². The maximum Gasteiger partial charge on any atom is 0.524 e. The molecule has 0 aliphatic rings. The lowest BCUT2D eigenvalue weighted by atomic mass is 9.98. The van der Waals surface area contributed by atoms with Crippen LogP contribution < -0.4 is 21.7 Å². The number of primary amides is 3. The molecule has 25 heteroatoms. The Hall–Kier alpha value is -6.39. The summed E-state index contributed by atoms with van der Waals surface area (Å²) in [5.41, 5.74) is 19.3. The molecule has 0 spiro atoms. The number of hydrogen-bond acceptors (Lipinski definition) is 15. The van der Waals surface area contributed by atoms with Crippen LogP contribution in [0.25, 0.3) is 0 Å². The van der Waals surface area contributed by atoms with Crippen LogP contribution in [0.1, 0.15) is 124 Å². The largest absolute Gasteiger partial charge is 0.524 e. The van der Waals surface area contributed by atoms with Gasteiger partial charge in [0.25, 0.3) is 0 Å². The van der Waals surface area contributed by atoms with E-state index in [0.29, 0.717) is 35.6 Å². The van der Waals surface area contributed by atoms with Crippen LogP contribution in [0.5, 0.6) is 5.75 Å². The third-order valence-electron chi connectivity index (χ3n) is 10.2. The molecule has 5 rings (SSSR count). The summed E-state index contributed by atoms with van der Waals surface area (Å²) in [6, 6.07) is 3.51. The molecule has 0 radical (unpaired) electrons. The molecule has 6 atom stereocenters. The number of carbonyl (C=O) groups excluding carboxylic acids is 4. The molecular weight excluding hydrogens is 817 g/mol. The van der Waals surface area contributed by atoms with Crippen LogP contribution in [0.2, 0.25) is 0 Å². The molecule has 5 aromatic rings. The molecule has 1 aromatic carbocycles. The van der Waals surface area contributed by atoms with E-state index < -0.39 is 55.7 Å². The van der Waals surface area contributed by atoms with E-state index in [0.717, 1.165) is 5.56 Å². The molecule has 0 saturated carbocycles. The number of benzene rings is 1. The van der Waals surface area contributed by atoms with Gasteiger partial charge in [0.05, 0.1) is 49.5 Å². The second-order valence-corrected chi connectivity index (χ2v) is 15.9. The van der Waals surface area contributed by atoms with Crippen LogP contribution in [-0.2, 0) is 34.9 Å². The number of carbonyl (C=O) groups is 4. The predicted octanol–water partition coefficient (Wildman–Crippen LogP) is 1.20. The highest BCUT2D eigenvalue weighted by Gasteiger charge is 2.31. The van der Waals surface area contributed by atoms with Gasteiger partial charge in [0.15, 0.2) is 6.04 Å². The van der Waals surface area contributed by atoms with Crippen molar-refractivity contribution in [3.8, 4) is 5.75 Å². The van der Waals surface area contributed by atoms with Crippen molar-refractivity contribution in [3.63, 3.8) is 0 Å². The number of nitrogens with two attached hydrogens (primary N) is 3. The SMILES string of the molecule is CCC(C)[C@H](C(=O)OC)n1cc([C@@H](CCC(N)=O)n2cc([C@H](CCC(N)=O)n3cc([C@H](CCC(N)=O)n4cc([C@H](C)Cc5ccc(OP(=O)(O)O)cc5)nn4)nn3)nn2)nn1. The molecule has 4 aromatic heterocycles. The number of phosphoric acid groups is 1. The normalized spacial score (nSPS) is 14.7. The van der Waals surface area contributed by atoms with Gasteiger partial charge in [-0.05, 0) is 49.3 Å². The van der Waals surface area contributed by atoms with Crippen molar-refractivity contribution in [2.24, 2.45) is 23.1 Å². The number of aromatic nitrogens is 12. The van der Waals surface area contributed by atoms with E-state index in [4.69, 9.17) is 31.7 Å². The van der Waals surface area contributed by atoms with E-state index in [2.05, 4.69) is 45.8 Å². The zero-order valence-electron chi connectivity index (χ0n) is 34.0. The van der Waals surface area contributed by atoms with Crippen LogP contribution in [0, 0.1) is 5.92 Å². The van der Waals surface area contributed by atoms with Crippen LogP contribution in [0.15, 0.2) is 49.1 Å². The van der Waals surface area contributed by atoms with Crippen molar-refractivity contribution in [2.45, 2.75) is 102 Å². The third kappa shape index (κ3) is 12.3. The average Bonchev–Trinajstić information content (AvgIpc) is 4.04. The molecule has 328 valence electrons. The van der Waals surface area contributed by atoms with Gasteiger partial charge >= 0.3 is 13.8 Å². The van der Waals surface area contributed by atoms with Crippen LogP contribution in [0.3, 0.4) is 0 Å². The molecule has 0 saturated heterocycles. The van der Waals surface area contributed by atoms with Gasteiger partial charge in [0.1, 0.15) is 22.8 Å². The number of amides is 3. The molecule has 0 aliphatic carbocycles. The Balaban J connectivity index is 1.42. The van der Waals surface area contributed by atoms with E-state index >= 15 is 0 Å². The van der Waals surface area contributed by atoms with Crippen molar-refractivity contribution >= 4 is 31.5 Å². The fourth-order valence-electron chi connectivity index (χ4n) is 6.75. The van der Waals surface area contributed by atoms with Crippen molar-refractivity contribution < 1.29 is 42.8 Å². The summed E-state index contributed by atoms with van der Waals surface area (Å²) < 4.78 is 26.8. The fourth-order valence-corrected chi connectivity index (χ4v) is 7.15. The third-order valence-corrected chi connectivity index (χ3v) is 10.6. The summed E-state index contributed by atoms with van der Waals surface area (Å²) in [6.45, 7) is 5.77. The van der Waals surface area contributed by atoms with Crippen molar-refractivity contribution in [3.05, 3.63) is 77.4 Å². The van der Waals surface area contributed by atoms with E-state index in [-0.39, 0.29) is 56.1 Å². The maximum atomic E-state index is 12.7. The Morgan fingerprint density at radius 1 is 0.672 bits per heavy atom. The highest BCUT2D eigenvalue weighted by atomic mass is 31.2. The second kappa shape index (κ2) is 20.2. The fraction of sp³-hybridized carbons (Fsp3) is 0.500.